The van der Waals surface area contributed by atoms with Crippen molar-refractivity contribution < 1.29 is 28.4 Å². The van der Waals surface area contributed by atoms with Gasteiger partial charge in [0.1, 0.15) is 11.6 Å². The predicted octanol–water partition coefficient (Wildman–Crippen LogP) is 3.77. The first-order valence-corrected chi connectivity index (χ1v) is 11.5. The van der Waals surface area contributed by atoms with Crippen molar-refractivity contribution in [3.05, 3.63) is 71.0 Å². The molecule has 164 valence electrons. The lowest BCUT2D eigenvalue weighted by molar-refractivity contribution is -0.141. The number of Topliss-reactive ketones (excluding diaryl/α,β-unsaturated/α-hetero) is 1. The number of carboxylic acids is 1. The van der Waals surface area contributed by atoms with Gasteiger partial charge in [-0.3, -0.25) is 14.5 Å². The van der Waals surface area contributed by atoms with Gasteiger partial charge in [-0.15, -0.1) is 0 Å². The smallest absolute Gasteiger partial charge is 0.335 e. The Morgan fingerprint density at radius 3 is 2.29 bits per heavy atom. The lowest BCUT2D eigenvalue weighted by atomic mass is 10.0. The molecule has 1 N–H and O–H groups in total. The number of hydrogen-bond acceptors (Lipinski definition) is 4. The molecule has 0 bridgehead atoms. The number of carbonyl (C=O) groups excluding carboxylic acids is 2. The molecule has 0 aliphatic carbocycles. The van der Waals surface area contributed by atoms with Crippen LogP contribution < -0.4 is 0 Å². The van der Waals surface area contributed by atoms with E-state index in [0.29, 0.717) is 31.4 Å². The van der Waals surface area contributed by atoms with Gasteiger partial charge in [0.05, 0.1) is 12.0 Å². The number of halogens is 1. The Bertz CT molecular complexity index is 932. The van der Waals surface area contributed by atoms with Crippen LogP contribution in [0, 0.1) is 5.82 Å². The minimum atomic E-state index is -1.27. The molecule has 1 aliphatic rings. The molecule has 1 heterocycles. The SMILES string of the molecule is O=C(O)c1ccc(C[S+]([O-])C2CC(=O)N2CCCCCC(=O)c2ccc(F)cc2)cc1. The first-order valence-electron chi connectivity index (χ1n) is 10.1. The Hall–Kier alpha value is -2.71. The topological polar surface area (TPSA) is 97.7 Å². The average molecular weight is 446 g/mol. The Balaban J connectivity index is 1.39. The molecule has 0 spiro atoms. The second-order valence-corrected chi connectivity index (χ2v) is 9.11. The average Bonchev–Trinajstić information content (AvgIpc) is 2.74. The third-order valence-electron chi connectivity index (χ3n) is 5.30. The van der Waals surface area contributed by atoms with Gasteiger partial charge in [0.2, 0.25) is 5.91 Å². The van der Waals surface area contributed by atoms with Crippen LogP contribution in [-0.4, -0.2) is 44.1 Å². The summed E-state index contributed by atoms with van der Waals surface area (Å²) in [6.07, 6.45) is 2.75. The van der Waals surface area contributed by atoms with E-state index in [1.807, 2.05) is 0 Å². The number of carboxylic acid groups (broad SMARTS) is 1. The zero-order chi connectivity index (χ0) is 22.4. The number of unbranched alkanes of at least 4 members (excludes halogenated alkanes) is 2. The van der Waals surface area contributed by atoms with Gasteiger partial charge in [-0.25, -0.2) is 9.18 Å². The van der Waals surface area contributed by atoms with Crippen LogP contribution in [0.1, 0.15) is 58.4 Å². The van der Waals surface area contributed by atoms with Crippen LogP contribution in [-0.2, 0) is 21.7 Å². The molecule has 1 amide bonds. The third kappa shape index (κ3) is 6.15. The molecule has 1 saturated heterocycles. The number of amides is 1. The number of benzene rings is 2. The first-order chi connectivity index (χ1) is 14.8. The van der Waals surface area contributed by atoms with Gasteiger partial charge in [0, 0.05) is 24.1 Å². The van der Waals surface area contributed by atoms with Crippen LogP contribution in [0.25, 0.3) is 0 Å². The molecule has 6 nitrogen and oxygen atoms in total. The Kier molecular flexibility index (Phi) is 7.81. The minimum absolute atomic E-state index is 0.0260. The zero-order valence-electron chi connectivity index (χ0n) is 17.0. The van der Waals surface area contributed by atoms with Gasteiger partial charge < -0.3 is 9.66 Å². The van der Waals surface area contributed by atoms with Gasteiger partial charge in [0.25, 0.3) is 0 Å². The third-order valence-corrected chi connectivity index (χ3v) is 6.95. The van der Waals surface area contributed by atoms with E-state index < -0.39 is 17.1 Å². The second-order valence-electron chi connectivity index (χ2n) is 7.51. The van der Waals surface area contributed by atoms with Crippen molar-refractivity contribution in [1.29, 1.82) is 0 Å². The molecule has 31 heavy (non-hydrogen) atoms. The summed E-state index contributed by atoms with van der Waals surface area (Å²) in [7, 11) is 0. The summed E-state index contributed by atoms with van der Waals surface area (Å²) >= 11 is -1.27. The standard InChI is InChI=1S/C23H24FNO5S/c24-19-11-9-17(10-12-19)20(26)4-2-1-3-13-25-21(27)14-22(25)31(30)15-16-5-7-18(8-6-16)23(28)29/h5-12,22H,1-4,13-15H2,(H,28,29). The van der Waals surface area contributed by atoms with Gasteiger partial charge in [0.15, 0.2) is 11.2 Å². The van der Waals surface area contributed by atoms with Crippen molar-refractivity contribution in [3.63, 3.8) is 0 Å². The van der Waals surface area contributed by atoms with E-state index in [-0.39, 0.29) is 40.6 Å². The molecule has 3 rings (SSSR count). The molecular weight excluding hydrogens is 421 g/mol. The molecule has 2 aromatic rings. The van der Waals surface area contributed by atoms with Crippen molar-refractivity contribution in [1.82, 2.24) is 4.90 Å². The summed E-state index contributed by atoms with van der Waals surface area (Å²) in [6, 6.07) is 11.7. The van der Waals surface area contributed by atoms with Gasteiger partial charge in [-0.05, 0) is 60.4 Å². The molecule has 0 radical (unpaired) electrons. The van der Waals surface area contributed by atoms with E-state index in [1.54, 1.807) is 17.0 Å². The highest BCUT2D eigenvalue weighted by atomic mass is 32.2. The van der Waals surface area contributed by atoms with E-state index >= 15 is 0 Å². The predicted molar refractivity (Wildman–Crippen MR) is 115 cm³/mol. The highest BCUT2D eigenvalue weighted by molar-refractivity contribution is 7.91. The van der Waals surface area contributed by atoms with Crippen LogP contribution in [0.4, 0.5) is 4.39 Å². The second kappa shape index (κ2) is 10.5. The number of β-lactam (4-membered cyclic amide) rings is 1. The van der Waals surface area contributed by atoms with Crippen LogP contribution in [0.15, 0.2) is 48.5 Å². The lowest BCUT2D eigenvalue weighted by Gasteiger charge is -2.40. The highest BCUT2D eigenvalue weighted by Gasteiger charge is 2.43. The molecule has 0 aromatic heterocycles. The Morgan fingerprint density at radius 1 is 1.03 bits per heavy atom. The summed E-state index contributed by atoms with van der Waals surface area (Å²) in [5.74, 6) is -1.18. The molecule has 1 fully saturated rings. The summed E-state index contributed by atoms with van der Waals surface area (Å²) in [6.45, 7) is 0.498. The van der Waals surface area contributed by atoms with Crippen molar-refractivity contribution in [3.8, 4) is 0 Å². The highest BCUT2D eigenvalue weighted by Crippen LogP contribution is 2.27. The quantitative estimate of drug-likeness (QED) is 0.246. The van der Waals surface area contributed by atoms with E-state index in [9.17, 15) is 23.3 Å². The molecule has 2 unspecified atom stereocenters. The Morgan fingerprint density at radius 2 is 1.68 bits per heavy atom. The fraction of sp³-hybridized carbons (Fsp3) is 0.348. The van der Waals surface area contributed by atoms with Crippen molar-refractivity contribution in [2.24, 2.45) is 0 Å². The number of aromatic carboxylic acids is 1. The van der Waals surface area contributed by atoms with Crippen LogP contribution in [0.5, 0.6) is 0 Å². The van der Waals surface area contributed by atoms with Crippen molar-refractivity contribution >= 4 is 28.8 Å². The molecule has 2 aromatic carbocycles. The Labute approximate surface area is 183 Å². The molecular formula is C23H24FNO5S. The number of nitrogens with zero attached hydrogens (tertiary/aromatic N) is 1. The number of likely N-dealkylation sites (tertiary alicyclic amines) is 1. The monoisotopic (exact) mass is 445 g/mol. The minimum Gasteiger partial charge on any atom is -0.614 e. The number of ketones is 1. The summed E-state index contributed by atoms with van der Waals surface area (Å²) in [5.41, 5.74) is 1.43. The van der Waals surface area contributed by atoms with E-state index in [4.69, 9.17) is 5.11 Å². The summed E-state index contributed by atoms with van der Waals surface area (Å²) in [5, 5.41) is 8.61. The molecule has 1 aliphatic heterocycles. The molecule has 2 atom stereocenters. The largest absolute Gasteiger partial charge is 0.614 e. The van der Waals surface area contributed by atoms with E-state index in [0.717, 1.165) is 12.0 Å². The number of rotatable bonds is 11. The van der Waals surface area contributed by atoms with Crippen molar-refractivity contribution in [2.75, 3.05) is 6.54 Å². The maximum absolute atomic E-state index is 12.9. The number of carbonyl (C=O) groups is 3. The van der Waals surface area contributed by atoms with Crippen molar-refractivity contribution in [2.45, 2.75) is 43.2 Å². The fourth-order valence-electron chi connectivity index (χ4n) is 3.46. The first kappa shape index (κ1) is 23.0. The molecule has 8 heteroatoms. The fourth-order valence-corrected chi connectivity index (χ4v) is 5.01. The van der Waals surface area contributed by atoms with Crippen LogP contribution in [0.3, 0.4) is 0 Å². The normalized spacial score (nSPS) is 16.6. The van der Waals surface area contributed by atoms with Crippen LogP contribution in [0.2, 0.25) is 0 Å². The van der Waals surface area contributed by atoms with Crippen LogP contribution >= 0.6 is 0 Å². The van der Waals surface area contributed by atoms with Gasteiger partial charge in [-0.2, -0.15) is 0 Å². The molecule has 0 saturated carbocycles. The maximum Gasteiger partial charge on any atom is 0.335 e. The maximum atomic E-state index is 12.9. The van der Waals surface area contributed by atoms with Gasteiger partial charge in [-0.1, -0.05) is 18.6 Å². The summed E-state index contributed by atoms with van der Waals surface area (Å²) < 4.78 is 25.6. The summed E-state index contributed by atoms with van der Waals surface area (Å²) in [4.78, 5) is 36.6. The van der Waals surface area contributed by atoms with E-state index in [2.05, 4.69) is 0 Å². The van der Waals surface area contributed by atoms with Gasteiger partial charge >= 0.3 is 5.97 Å². The number of hydrogen-bond donors (Lipinski definition) is 1. The zero-order valence-corrected chi connectivity index (χ0v) is 17.8. The lowest BCUT2D eigenvalue weighted by Crippen LogP contribution is -2.56. The van der Waals surface area contributed by atoms with E-state index in [1.165, 1.54) is 36.4 Å².